The molecule has 7 heteroatoms. The summed E-state index contributed by atoms with van der Waals surface area (Å²) in [6.07, 6.45) is 3.36. The predicted octanol–water partition coefficient (Wildman–Crippen LogP) is 0.658. The van der Waals surface area contributed by atoms with E-state index in [9.17, 15) is 4.79 Å². The summed E-state index contributed by atoms with van der Waals surface area (Å²) in [5, 5.41) is 6.71. The maximum absolute atomic E-state index is 12.4. The number of hydrogen-bond donors (Lipinski definition) is 2. The number of pyridine rings is 1. The number of nitrogen functional groups attached to an aromatic ring is 1. The number of carbonyl (C=O) groups is 1. The van der Waals surface area contributed by atoms with E-state index in [1.165, 1.54) is 0 Å². The van der Waals surface area contributed by atoms with Gasteiger partial charge < -0.3 is 15.5 Å². The van der Waals surface area contributed by atoms with E-state index in [2.05, 4.69) is 20.1 Å². The van der Waals surface area contributed by atoms with E-state index >= 15 is 0 Å². The molecule has 3 N–H and O–H groups in total. The number of aromatic amines is 1. The zero-order chi connectivity index (χ0) is 14.8. The minimum atomic E-state index is 0.0383. The molecule has 3 heterocycles. The zero-order valence-electron chi connectivity index (χ0n) is 11.9. The van der Waals surface area contributed by atoms with Gasteiger partial charge in [0.25, 0.3) is 5.91 Å². The highest BCUT2D eigenvalue weighted by Gasteiger charge is 2.24. The van der Waals surface area contributed by atoms with Crippen LogP contribution in [0.3, 0.4) is 0 Å². The number of nitrogens with zero attached hydrogens (tertiary/aromatic N) is 4. The highest BCUT2D eigenvalue weighted by Crippen LogP contribution is 2.17. The summed E-state index contributed by atoms with van der Waals surface area (Å²) in [7, 11) is 0. The third kappa shape index (κ3) is 2.67. The molecular formula is C14H18N6O. The molecule has 0 unspecified atom stereocenters. The molecule has 7 nitrogen and oxygen atoms in total. The van der Waals surface area contributed by atoms with E-state index in [0.29, 0.717) is 24.5 Å². The Morgan fingerprint density at radius 1 is 1.24 bits per heavy atom. The molecule has 21 heavy (non-hydrogen) atoms. The van der Waals surface area contributed by atoms with Gasteiger partial charge in [-0.1, -0.05) is 0 Å². The molecular weight excluding hydrogens is 268 g/mol. The van der Waals surface area contributed by atoms with Crippen molar-refractivity contribution in [2.75, 3.05) is 36.8 Å². The molecule has 2 aromatic heterocycles. The van der Waals surface area contributed by atoms with E-state index in [4.69, 9.17) is 5.73 Å². The van der Waals surface area contributed by atoms with Crippen LogP contribution in [0.25, 0.3) is 0 Å². The number of nitrogens with two attached hydrogens (primary N) is 1. The number of anilines is 2. The van der Waals surface area contributed by atoms with Crippen LogP contribution < -0.4 is 10.6 Å². The lowest BCUT2D eigenvalue weighted by Gasteiger charge is -2.35. The summed E-state index contributed by atoms with van der Waals surface area (Å²) in [6.45, 7) is 4.81. The molecule has 0 atom stereocenters. The number of rotatable bonds is 2. The molecule has 1 fully saturated rings. The maximum Gasteiger partial charge on any atom is 0.257 e. The smallest absolute Gasteiger partial charge is 0.257 e. The minimum absolute atomic E-state index is 0.0383. The van der Waals surface area contributed by atoms with Crippen LogP contribution in [-0.2, 0) is 0 Å². The Kier molecular flexibility index (Phi) is 3.47. The number of carbonyl (C=O) groups excluding carboxylic acids is 1. The summed E-state index contributed by atoms with van der Waals surface area (Å²) in [4.78, 5) is 20.6. The lowest BCUT2D eigenvalue weighted by molar-refractivity contribution is 0.0746. The molecule has 3 rings (SSSR count). The lowest BCUT2D eigenvalue weighted by Crippen LogP contribution is -2.48. The molecule has 0 radical (unpaired) electrons. The Morgan fingerprint density at radius 3 is 2.57 bits per heavy atom. The average Bonchev–Trinajstić information content (AvgIpc) is 2.94. The quantitative estimate of drug-likeness (QED) is 0.846. The summed E-state index contributed by atoms with van der Waals surface area (Å²) in [6, 6.07) is 3.75. The first kappa shape index (κ1) is 13.4. The zero-order valence-corrected chi connectivity index (χ0v) is 11.9. The molecule has 110 valence electrons. The number of piperazine rings is 1. The second-order valence-corrected chi connectivity index (χ2v) is 5.13. The first-order valence-electron chi connectivity index (χ1n) is 6.91. The van der Waals surface area contributed by atoms with E-state index < -0.39 is 0 Å². The second kappa shape index (κ2) is 5.43. The minimum Gasteiger partial charge on any atom is -0.384 e. The van der Waals surface area contributed by atoms with Gasteiger partial charge in [-0.2, -0.15) is 5.10 Å². The lowest BCUT2D eigenvalue weighted by atomic mass is 10.2. The van der Waals surface area contributed by atoms with Crippen LogP contribution in [0.2, 0.25) is 0 Å². The standard InChI is InChI=1S/C14H18N6O/c1-10-12(9-17-18-10)14(21)20-6-4-19(5-7-20)11-2-3-13(15)16-8-11/h2-3,8-9H,4-7H2,1H3,(H2,15,16)(H,17,18). The molecule has 1 amide bonds. The Hall–Kier alpha value is -2.57. The summed E-state index contributed by atoms with van der Waals surface area (Å²) >= 11 is 0. The van der Waals surface area contributed by atoms with Crippen molar-refractivity contribution < 1.29 is 4.79 Å². The second-order valence-electron chi connectivity index (χ2n) is 5.13. The fourth-order valence-corrected chi connectivity index (χ4v) is 2.49. The van der Waals surface area contributed by atoms with Gasteiger partial charge >= 0.3 is 0 Å². The van der Waals surface area contributed by atoms with Gasteiger partial charge in [-0.25, -0.2) is 4.98 Å². The van der Waals surface area contributed by atoms with E-state index in [1.54, 1.807) is 18.5 Å². The van der Waals surface area contributed by atoms with Crippen LogP contribution in [-0.4, -0.2) is 52.2 Å². The molecule has 1 aliphatic heterocycles. The summed E-state index contributed by atoms with van der Waals surface area (Å²) < 4.78 is 0. The molecule has 0 aliphatic carbocycles. The highest BCUT2D eigenvalue weighted by molar-refractivity contribution is 5.95. The molecule has 0 aromatic carbocycles. The van der Waals surface area contributed by atoms with Gasteiger partial charge in [0.2, 0.25) is 0 Å². The normalized spacial score (nSPS) is 15.3. The average molecular weight is 286 g/mol. The maximum atomic E-state index is 12.4. The summed E-state index contributed by atoms with van der Waals surface area (Å²) in [5.74, 6) is 0.555. The first-order chi connectivity index (χ1) is 10.1. The van der Waals surface area contributed by atoms with Crippen molar-refractivity contribution in [3.63, 3.8) is 0 Å². The van der Waals surface area contributed by atoms with E-state index in [1.807, 2.05) is 17.9 Å². The molecule has 1 aliphatic rings. The van der Waals surface area contributed by atoms with Crippen LogP contribution in [0, 0.1) is 6.92 Å². The Bertz CT molecular complexity index is 627. The van der Waals surface area contributed by atoms with Crippen LogP contribution in [0.15, 0.2) is 24.5 Å². The van der Waals surface area contributed by atoms with Crippen molar-refractivity contribution in [3.8, 4) is 0 Å². The highest BCUT2D eigenvalue weighted by atomic mass is 16.2. The fourth-order valence-electron chi connectivity index (χ4n) is 2.49. The monoisotopic (exact) mass is 286 g/mol. The van der Waals surface area contributed by atoms with Gasteiger partial charge in [-0.3, -0.25) is 9.89 Å². The fraction of sp³-hybridized carbons (Fsp3) is 0.357. The van der Waals surface area contributed by atoms with Gasteiger partial charge in [0, 0.05) is 31.9 Å². The number of aromatic nitrogens is 3. The number of hydrogen-bond acceptors (Lipinski definition) is 5. The van der Waals surface area contributed by atoms with E-state index in [-0.39, 0.29) is 5.91 Å². The molecule has 0 spiro atoms. The van der Waals surface area contributed by atoms with Crippen molar-refractivity contribution in [2.45, 2.75) is 6.92 Å². The van der Waals surface area contributed by atoms with Crippen LogP contribution in [0.1, 0.15) is 16.1 Å². The number of amides is 1. The third-order valence-electron chi connectivity index (χ3n) is 3.76. The molecule has 0 bridgehead atoms. The van der Waals surface area contributed by atoms with Crippen molar-refractivity contribution in [2.24, 2.45) is 0 Å². The van der Waals surface area contributed by atoms with E-state index in [0.717, 1.165) is 24.5 Å². The van der Waals surface area contributed by atoms with Gasteiger partial charge in [-0.05, 0) is 19.1 Å². The predicted molar refractivity (Wildman–Crippen MR) is 80.1 cm³/mol. The summed E-state index contributed by atoms with van der Waals surface area (Å²) in [5.41, 5.74) is 8.09. The van der Waals surface area contributed by atoms with Gasteiger partial charge in [-0.15, -0.1) is 0 Å². The number of nitrogens with one attached hydrogen (secondary N) is 1. The van der Waals surface area contributed by atoms with Crippen LogP contribution in [0.4, 0.5) is 11.5 Å². The van der Waals surface area contributed by atoms with Crippen molar-refractivity contribution in [1.82, 2.24) is 20.1 Å². The van der Waals surface area contributed by atoms with Gasteiger partial charge in [0.05, 0.1) is 23.6 Å². The third-order valence-corrected chi connectivity index (χ3v) is 3.76. The Balaban J connectivity index is 1.64. The molecule has 1 saturated heterocycles. The van der Waals surface area contributed by atoms with Crippen molar-refractivity contribution in [3.05, 3.63) is 35.8 Å². The van der Waals surface area contributed by atoms with Crippen LogP contribution in [0.5, 0.6) is 0 Å². The van der Waals surface area contributed by atoms with Crippen LogP contribution >= 0.6 is 0 Å². The molecule has 0 saturated carbocycles. The first-order valence-corrected chi connectivity index (χ1v) is 6.91. The van der Waals surface area contributed by atoms with Crippen molar-refractivity contribution in [1.29, 1.82) is 0 Å². The topological polar surface area (TPSA) is 91.1 Å². The molecule has 2 aromatic rings. The number of aryl methyl sites for hydroxylation is 1. The Labute approximate surface area is 122 Å². The Morgan fingerprint density at radius 2 is 2.00 bits per heavy atom. The van der Waals surface area contributed by atoms with Gasteiger partial charge in [0.1, 0.15) is 5.82 Å². The van der Waals surface area contributed by atoms with Gasteiger partial charge in [0.15, 0.2) is 0 Å². The largest absolute Gasteiger partial charge is 0.384 e. The number of H-pyrrole nitrogens is 1. The SMILES string of the molecule is Cc1[nH]ncc1C(=O)N1CCN(c2ccc(N)nc2)CC1. The van der Waals surface area contributed by atoms with Crippen molar-refractivity contribution >= 4 is 17.4 Å².